The fourth-order valence-electron chi connectivity index (χ4n) is 5.55. The molecule has 2 aromatic heterocycles. The minimum absolute atomic E-state index is 0.0992. The number of ether oxygens (including phenoxy) is 1. The van der Waals surface area contributed by atoms with Gasteiger partial charge in [0.05, 0.1) is 25.1 Å². The van der Waals surface area contributed by atoms with Gasteiger partial charge in [0.25, 0.3) is 11.5 Å². The zero-order chi connectivity index (χ0) is 34.8. The average Bonchev–Trinajstić information content (AvgIpc) is 3.05. The van der Waals surface area contributed by atoms with E-state index in [1.807, 2.05) is 49.3 Å². The normalized spacial score (nSPS) is 13.4. The number of fused-ring (bicyclic) bond motifs is 1. The number of aliphatic hydroxyl groups excluding tert-OH is 1. The molecule has 1 amide bonds. The molecule has 48 heavy (non-hydrogen) atoms. The molecule has 0 unspecified atom stereocenters. The molecule has 0 fully saturated rings. The lowest BCUT2D eigenvalue weighted by molar-refractivity contribution is 0.0980. The highest BCUT2D eigenvalue weighted by Crippen LogP contribution is 2.37. The number of aliphatic hydroxyl groups is 1. The van der Waals surface area contributed by atoms with Gasteiger partial charge >= 0.3 is 0 Å². The number of benzene rings is 2. The summed E-state index contributed by atoms with van der Waals surface area (Å²) in [5.74, 6) is 0.997. The van der Waals surface area contributed by atoms with Crippen molar-refractivity contribution in [2.45, 2.75) is 51.9 Å². The standard InChI is InChI=1S/C37H47N5O5Si/c1-37(2,3)48(7,8)47-19-18-46-28-13-15-34(38-22-28)39-32-21-26(23-41(6)36(32)45)29-10-9-11-33(31(29)24-43)42-17-16-25-20-27(40(4)5)12-14-30(25)35(42)44/h9-15,20-23,43H,16-19,24H2,1-8H3,(H,38,39). The van der Waals surface area contributed by atoms with Crippen LogP contribution in [0, 0.1) is 0 Å². The van der Waals surface area contributed by atoms with Crippen molar-refractivity contribution >= 4 is 37.1 Å². The number of carbonyl (C=O) groups excluding carboxylic acids is 1. The minimum Gasteiger partial charge on any atom is -0.490 e. The van der Waals surface area contributed by atoms with Crippen LogP contribution >= 0.6 is 0 Å². The Morgan fingerprint density at radius 1 is 1.02 bits per heavy atom. The first-order chi connectivity index (χ1) is 22.7. The molecule has 0 saturated carbocycles. The van der Waals surface area contributed by atoms with Gasteiger partial charge in [-0.3, -0.25) is 9.59 Å². The monoisotopic (exact) mass is 669 g/mol. The number of hydrogen-bond donors (Lipinski definition) is 2. The molecule has 5 rings (SSSR count). The summed E-state index contributed by atoms with van der Waals surface area (Å²) in [5.41, 5.74) is 5.53. The Morgan fingerprint density at radius 3 is 2.46 bits per heavy atom. The van der Waals surface area contributed by atoms with Gasteiger partial charge in [-0.1, -0.05) is 32.9 Å². The predicted octanol–water partition coefficient (Wildman–Crippen LogP) is 6.35. The van der Waals surface area contributed by atoms with E-state index in [9.17, 15) is 14.7 Å². The van der Waals surface area contributed by atoms with Gasteiger partial charge in [0, 0.05) is 56.3 Å². The molecule has 3 heterocycles. The largest absolute Gasteiger partial charge is 0.490 e. The summed E-state index contributed by atoms with van der Waals surface area (Å²) >= 11 is 0. The highest BCUT2D eigenvalue weighted by molar-refractivity contribution is 6.74. The van der Waals surface area contributed by atoms with Crippen LogP contribution in [0.1, 0.15) is 42.3 Å². The molecular weight excluding hydrogens is 623 g/mol. The van der Waals surface area contributed by atoms with Gasteiger partial charge in [-0.15, -0.1) is 0 Å². The van der Waals surface area contributed by atoms with Crippen molar-refractivity contribution in [2.24, 2.45) is 7.05 Å². The number of amides is 1. The molecule has 0 radical (unpaired) electrons. The number of anilines is 4. The summed E-state index contributed by atoms with van der Waals surface area (Å²) in [4.78, 5) is 35.1. The van der Waals surface area contributed by atoms with Crippen molar-refractivity contribution in [3.8, 4) is 16.9 Å². The summed E-state index contributed by atoms with van der Waals surface area (Å²) in [6.45, 7) is 12.2. The quantitative estimate of drug-likeness (QED) is 0.141. The number of carbonyl (C=O) groups is 1. The van der Waals surface area contributed by atoms with E-state index in [4.69, 9.17) is 9.16 Å². The molecule has 1 aliphatic rings. The molecule has 0 aliphatic carbocycles. The van der Waals surface area contributed by atoms with E-state index in [2.05, 4.69) is 50.2 Å². The molecule has 0 atom stereocenters. The maximum atomic E-state index is 13.7. The first-order valence-electron chi connectivity index (χ1n) is 16.3. The van der Waals surface area contributed by atoms with Crippen LogP contribution in [-0.2, 0) is 24.5 Å². The van der Waals surface area contributed by atoms with Crippen LogP contribution < -0.4 is 25.4 Å². The fraction of sp³-hybridized carbons (Fsp3) is 0.378. The lowest BCUT2D eigenvalue weighted by Gasteiger charge is -2.36. The van der Waals surface area contributed by atoms with Crippen LogP contribution in [0.4, 0.5) is 22.9 Å². The van der Waals surface area contributed by atoms with Gasteiger partial charge in [-0.05, 0) is 78.1 Å². The Balaban J connectivity index is 1.34. The molecule has 0 bridgehead atoms. The smallest absolute Gasteiger partial charge is 0.274 e. The SMILES string of the molecule is CN(C)c1ccc2c(c1)CCN(c1cccc(-c3cc(Nc4ccc(OCCO[Si](C)(C)C(C)(C)C)cn4)c(=O)n(C)c3)c1CO)C2=O. The Labute approximate surface area is 284 Å². The molecule has 254 valence electrons. The van der Waals surface area contributed by atoms with Gasteiger partial charge in [0.15, 0.2) is 8.32 Å². The Hall–Kier alpha value is -4.45. The number of rotatable bonds is 11. The average molecular weight is 670 g/mol. The van der Waals surface area contributed by atoms with Gasteiger partial charge in [0.2, 0.25) is 0 Å². The summed E-state index contributed by atoms with van der Waals surface area (Å²) in [7, 11) is 3.80. The highest BCUT2D eigenvalue weighted by Gasteiger charge is 2.37. The van der Waals surface area contributed by atoms with Crippen LogP contribution in [0.3, 0.4) is 0 Å². The number of nitrogens with zero attached hydrogens (tertiary/aromatic N) is 4. The molecular formula is C37H47N5O5Si. The van der Waals surface area contributed by atoms with E-state index < -0.39 is 8.32 Å². The summed E-state index contributed by atoms with van der Waals surface area (Å²) in [6.07, 6.45) is 4.05. The molecule has 1 aliphatic heterocycles. The Morgan fingerprint density at radius 2 is 1.79 bits per heavy atom. The summed E-state index contributed by atoms with van der Waals surface area (Å²) in [6, 6.07) is 16.8. The first-order valence-corrected chi connectivity index (χ1v) is 19.2. The van der Waals surface area contributed by atoms with Crippen molar-refractivity contribution in [3.05, 3.63) is 94.0 Å². The van der Waals surface area contributed by atoms with E-state index >= 15 is 0 Å². The van der Waals surface area contributed by atoms with E-state index in [-0.39, 0.29) is 23.1 Å². The van der Waals surface area contributed by atoms with E-state index in [0.29, 0.717) is 65.8 Å². The van der Waals surface area contributed by atoms with E-state index in [1.165, 1.54) is 4.57 Å². The molecule has 11 heteroatoms. The lowest BCUT2D eigenvalue weighted by atomic mass is 9.94. The van der Waals surface area contributed by atoms with E-state index in [1.54, 1.807) is 42.5 Å². The number of aryl methyl sites for hydroxylation is 1. The summed E-state index contributed by atoms with van der Waals surface area (Å²) < 4.78 is 13.5. The van der Waals surface area contributed by atoms with Crippen molar-refractivity contribution in [1.29, 1.82) is 0 Å². The first kappa shape index (κ1) is 34.9. The van der Waals surface area contributed by atoms with E-state index in [0.717, 1.165) is 16.8 Å². The third-order valence-electron chi connectivity index (χ3n) is 9.40. The van der Waals surface area contributed by atoms with Crippen molar-refractivity contribution in [1.82, 2.24) is 9.55 Å². The molecule has 2 aromatic carbocycles. The van der Waals surface area contributed by atoms with Gasteiger partial charge < -0.3 is 34.0 Å². The van der Waals surface area contributed by atoms with Crippen LogP contribution in [0.2, 0.25) is 18.1 Å². The van der Waals surface area contributed by atoms with Gasteiger partial charge in [-0.25, -0.2) is 4.98 Å². The van der Waals surface area contributed by atoms with Crippen molar-refractivity contribution < 1.29 is 19.1 Å². The maximum absolute atomic E-state index is 13.7. The Kier molecular flexibility index (Phi) is 10.1. The van der Waals surface area contributed by atoms with Crippen LogP contribution in [0.5, 0.6) is 5.75 Å². The molecule has 4 aromatic rings. The van der Waals surface area contributed by atoms with Crippen LogP contribution in [0.25, 0.3) is 11.1 Å². The predicted molar refractivity (Wildman–Crippen MR) is 195 cm³/mol. The third-order valence-corrected chi connectivity index (χ3v) is 13.9. The number of hydrogen-bond acceptors (Lipinski definition) is 8. The zero-order valence-corrected chi connectivity index (χ0v) is 30.3. The van der Waals surface area contributed by atoms with Crippen LogP contribution in [0.15, 0.2) is 71.8 Å². The maximum Gasteiger partial charge on any atom is 0.274 e. The second kappa shape index (κ2) is 14.0. The molecule has 0 spiro atoms. The molecule has 10 nitrogen and oxygen atoms in total. The topological polar surface area (TPSA) is 109 Å². The second-order valence-corrected chi connectivity index (χ2v) is 18.7. The zero-order valence-electron chi connectivity index (χ0n) is 29.3. The lowest BCUT2D eigenvalue weighted by Crippen LogP contribution is -2.41. The summed E-state index contributed by atoms with van der Waals surface area (Å²) in [5, 5.41) is 13.9. The Bertz CT molecular complexity index is 1850. The third kappa shape index (κ3) is 7.33. The number of nitrogens with one attached hydrogen (secondary N) is 1. The minimum atomic E-state index is -1.84. The fourth-order valence-corrected chi connectivity index (χ4v) is 6.57. The number of pyridine rings is 2. The molecule has 2 N–H and O–H groups in total. The second-order valence-electron chi connectivity index (χ2n) is 13.9. The molecule has 0 saturated heterocycles. The van der Waals surface area contributed by atoms with Crippen molar-refractivity contribution in [3.63, 3.8) is 0 Å². The van der Waals surface area contributed by atoms with Crippen molar-refractivity contribution in [2.75, 3.05) is 49.0 Å². The number of aromatic nitrogens is 2. The van der Waals surface area contributed by atoms with Crippen LogP contribution in [-0.4, -0.2) is 62.7 Å². The highest BCUT2D eigenvalue weighted by atomic mass is 28.4. The van der Waals surface area contributed by atoms with Gasteiger partial charge in [0.1, 0.15) is 23.9 Å². The van der Waals surface area contributed by atoms with Gasteiger partial charge in [-0.2, -0.15) is 0 Å².